The fourth-order valence-electron chi connectivity index (χ4n) is 5.65. The molecule has 31 heavy (non-hydrogen) atoms. The number of benzene rings is 1. The van der Waals surface area contributed by atoms with Crippen LogP contribution in [0.4, 0.5) is 0 Å². The first-order valence-corrected chi connectivity index (χ1v) is 11.8. The zero-order valence-electron chi connectivity index (χ0n) is 18.3. The number of likely N-dealkylation sites (tertiary alicyclic amines) is 2. The summed E-state index contributed by atoms with van der Waals surface area (Å²) < 4.78 is 0. The molecule has 3 amide bonds. The largest absolute Gasteiger partial charge is 0.396 e. The van der Waals surface area contributed by atoms with Crippen molar-refractivity contribution in [3.05, 3.63) is 35.9 Å². The van der Waals surface area contributed by atoms with Gasteiger partial charge in [0.05, 0.1) is 5.41 Å². The molecule has 0 spiro atoms. The standard InChI is InChI=1S/C25H34N2O4/c28-18-20-10-7-13-26(16-20)22(29)14-25(21-11-5-2-6-12-21)15-23(30)27(24(25)31)17-19-8-3-1-4-9-19/h2,5-6,11-12,19-20,28H,1,3-4,7-10,13-18H2/t20-,25-/m0/s1. The van der Waals surface area contributed by atoms with Crippen LogP contribution in [0.15, 0.2) is 30.3 Å². The van der Waals surface area contributed by atoms with E-state index in [1.807, 2.05) is 30.3 Å². The maximum atomic E-state index is 13.7. The third-order valence-corrected chi connectivity index (χ3v) is 7.48. The Morgan fingerprint density at radius 3 is 2.42 bits per heavy atom. The van der Waals surface area contributed by atoms with Gasteiger partial charge in [0.2, 0.25) is 17.7 Å². The third-order valence-electron chi connectivity index (χ3n) is 7.48. The minimum atomic E-state index is -1.11. The van der Waals surface area contributed by atoms with Crippen LogP contribution in [0.5, 0.6) is 0 Å². The monoisotopic (exact) mass is 426 g/mol. The second kappa shape index (κ2) is 9.51. The van der Waals surface area contributed by atoms with Crippen LogP contribution < -0.4 is 0 Å². The van der Waals surface area contributed by atoms with Gasteiger partial charge in [-0.2, -0.15) is 0 Å². The van der Waals surface area contributed by atoms with Gasteiger partial charge in [0.1, 0.15) is 0 Å². The summed E-state index contributed by atoms with van der Waals surface area (Å²) in [7, 11) is 0. The fourth-order valence-corrected chi connectivity index (χ4v) is 5.65. The molecule has 3 fully saturated rings. The molecule has 1 aromatic carbocycles. The predicted molar refractivity (Wildman–Crippen MR) is 117 cm³/mol. The SMILES string of the molecule is O=C(C[C@@]1(c2ccccc2)CC(=O)N(CC2CCCCC2)C1=O)N1CCC[C@H](CO)C1. The fraction of sp³-hybridized carbons (Fsp3) is 0.640. The highest BCUT2D eigenvalue weighted by atomic mass is 16.3. The number of nitrogens with zero attached hydrogens (tertiary/aromatic N) is 2. The molecule has 2 saturated heterocycles. The highest BCUT2D eigenvalue weighted by molar-refractivity contribution is 6.10. The number of hydrogen-bond donors (Lipinski definition) is 1. The van der Waals surface area contributed by atoms with Crippen molar-refractivity contribution < 1.29 is 19.5 Å². The second-order valence-corrected chi connectivity index (χ2v) is 9.65. The molecule has 3 aliphatic rings. The molecule has 2 aliphatic heterocycles. The van der Waals surface area contributed by atoms with Gasteiger partial charge in [0, 0.05) is 39.1 Å². The van der Waals surface area contributed by atoms with Crippen LogP contribution in [0.2, 0.25) is 0 Å². The minimum Gasteiger partial charge on any atom is -0.396 e. The number of aliphatic hydroxyl groups excluding tert-OH is 1. The molecule has 1 aromatic rings. The number of hydrogen-bond acceptors (Lipinski definition) is 4. The molecule has 0 unspecified atom stereocenters. The van der Waals surface area contributed by atoms with Crippen LogP contribution in [0.3, 0.4) is 0 Å². The number of imide groups is 1. The van der Waals surface area contributed by atoms with E-state index in [4.69, 9.17) is 0 Å². The number of piperidine rings is 1. The Morgan fingerprint density at radius 2 is 1.71 bits per heavy atom. The Morgan fingerprint density at radius 1 is 1.00 bits per heavy atom. The molecule has 4 rings (SSSR count). The van der Waals surface area contributed by atoms with Crippen molar-refractivity contribution in [2.75, 3.05) is 26.2 Å². The second-order valence-electron chi connectivity index (χ2n) is 9.65. The van der Waals surface area contributed by atoms with Crippen molar-refractivity contribution in [1.29, 1.82) is 0 Å². The number of rotatable bonds is 6. The number of carbonyl (C=O) groups is 3. The third kappa shape index (κ3) is 4.54. The van der Waals surface area contributed by atoms with Gasteiger partial charge in [-0.25, -0.2) is 0 Å². The average Bonchev–Trinajstić information content (AvgIpc) is 3.05. The van der Waals surface area contributed by atoms with Crippen LogP contribution in [-0.4, -0.2) is 58.9 Å². The average molecular weight is 427 g/mol. The highest BCUT2D eigenvalue weighted by Gasteiger charge is 2.54. The smallest absolute Gasteiger partial charge is 0.240 e. The quantitative estimate of drug-likeness (QED) is 0.710. The van der Waals surface area contributed by atoms with Gasteiger partial charge in [-0.15, -0.1) is 0 Å². The maximum Gasteiger partial charge on any atom is 0.240 e. The van der Waals surface area contributed by atoms with E-state index in [9.17, 15) is 19.5 Å². The zero-order chi connectivity index (χ0) is 21.8. The number of carbonyl (C=O) groups excluding carboxylic acids is 3. The maximum absolute atomic E-state index is 13.7. The van der Waals surface area contributed by atoms with Gasteiger partial charge in [-0.3, -0.25) is 19.3 Å². The lowest BCUT2D eigenvalue weighted by molar-refractivity contribution is -0.144. The van der Waals surface area contributed by atoms with Gasteiger partial charge in [0.25, 0.3) is 0 Å². The van der Waals surface area contributed by atoms with Crippen LogP contribution in [0.1, 0.15) is 63.4 Å². The van der Waals surface area contributed by atoms with Crippen molar-refractivity contribution in [3.8, 4) is 0 Å². The first kappa shape index (κ1) is 22.0. The highest BCUT2D eigenvalue weighted by Crippen LogP contribution is 2.41. The lowest BCUT2D eigenvalue weighted by Crippen LogP contribution is -2.47. The van der Waals surface area contributed by atoms with E-state index in [1.54, 1.807) is 4.90 Å². The topological polar surface area (TPSA) is 77.9 Å². The van der Waals surface area contributed by atoms with Crippen LogP contribution in [-0.2, 0) is 19.8 Å². The molecule has 1 N–H and O–H groups in total. The first-order valence-electron chi connectivity index (χ1n) is 11.8. The van der Waals surface area contributed by atoms with Crippen molar-refractivity contribution in [2.45, 2.75) is 63.2 Å². The summed E-state index contributed by atoms with van der Waals surface area (Å²) in [6.07, 6.45) is 7.51. The normalized spacial score (nSPS) is 27.7. The van der Waals surface area contributed by atoms with Gasteiger partial charge >= 0.3 is 0 Å². The van der Waals surface area contributed by atoms with E-state index in [2.05, 4.69) is 0 Å². The molecule has 6 heteroatoms. The zero-order valence-corrected chi connectivity index (χ0v) is 18.3. The molecule has 2 heterocycles. The Bertz CT molecular complexity index is 805. The van der Waals surface area contributed by atoms with Gasteiger partial charge < -0.3 is 10.0 Å². The van der Waals surface area contributed by atoms with Crippen molar-refractivity contribution in [2.24, 2.45) is 11.8 Å². The summed E-state index contributed by atoms with van der Waals surface area (Å²) in [4.78, 5) is 43.3. The summed E-state index contributed by atoms with van der Waals surface area (Å²) in [6.45, 7) is 1.72. The lowest BCUT2D eigenvalue weighted by atomic mass is 9.75. The molecule has 0 radical (unpaired) electrons. The summed E-state index contributed by atoms with van der Waals surface area (Å²) in [5, 5.41) is 9.53. The number of aliphatic hydroxyl groups is 1. The van der Waals surface area contributed by atoms with E-state index < -0.39 is 5.41 Å². The van der Waals surface area contributed by atoms with E-state index in [0.29, 0.717) is 25.6 Å². The Kier molecular flexibility index (Phi) is 6.75. The first-order chi connectivity index (χ1) is 15.0. The Labute approximate surface area is 184 Å². The molecular weight excluding hydrogens is 392 g/mol. The summed E-state index contributed by atoms with van der Waals surface area (Å²) in [5.74, 6) is 0.00512. The summed E-state index contributed by atoms with van der Waals surface area (Å²) in [6, 6.07) is 9.36. The molecule has 168 valence electrons. The van der Waals surface area contributed by atoms with Crippen molar-refractivity contribution in [1.82, 2.24) is 9.80 Å². The van der Waals surface area contributed by atoms with E-state index in [-0.39, 0.29) is 43.1 Å². The summed E-state index contributed by atoms with van der Waals surface area (Å²) in [5.41, 5.74) is -0.362. The minimum absolute atomic E-state index is 0.0148. The van der Waals surface area contributed by atoms with Gasteiger partial charge in [-0.05, 0) is 43.1 Å². The van der Waals surface area contributed by atoms with Crippen LogP contribution in [0.25, 0.3) is 0 Å². The van der Waals surface area contributed by atoms with E-state index in [0.717, 1.165) is 44.1 Å². The van der Waals surface area contributed by atoms with Gasteiger partial charge in [-0.1, -0.05) is 49.6 Å². The molecule has 0 bridgehead atoms. The van der Waals surface area contributed by atoms with E-state index >= 15 is 0 Å². The van der Waals surface area contributed by atoms with Crippen molar-refractivity contribution >= 4 is 17.7 Å². The predicted octanol–water partition coefficient (Wildman–Crippen LogP) is 2.88. The van der Waals surface area contributed by atoms with Crippen molar-refractivity contribution in [3.63, 3.8) is 0 Å². The Balaban J connectivity index is 1.58. The molecule has 1 saturated carbocycles. The molecule has 1 aliphatic carbocycles. The summed E-state index contributed by atoms with van der Waals surface area (Å²) >= 11 is 0. The van der Waals surface area contributed by atoms with Crippen LogP contribution in [0, 0.1) is 11.8 Å². The number of amides is 3. The Hall–Kier alpha value is -2.21. The molecule has 0 aromatic heterocycles. The molecule has 2 atom stereocenters. The van der Waals surface area contributed by atoms with Gasteiger partial charge in [0.15, 0.2) is 0 Å². The molecule has 6 nitrogen and oxygen atoms in total. The van der Waals surface area contributed by atoms with Crippen LogP contribution >= 0.6 is 0 Å². The lowest BCUT2D eigenvalue weighted by Gasteiger charge is -2.35. The molecular formula is C25H34N2O4. The van der Waals surface area contributed by atoms with E-state index in [1.165, 1.54) is 11.3 Å².